The second-order valence-corrected chi connectivity index (χ2v) is 10.7. The van der Waals surface area contributed by atoms with E-state index < -0.39 is 0 Å². The number of fused-ring (bicyclic) bond motifs is 1. The van der Waals surface area contributed by atoms with Crippen LogP contribution in [0.1, 0.15) is 19.3 Å². The summed E-state index contributed by atoms with van der Waals surface area (Å²) in [6.07, 6.45) is 6.04. The lowest BCUT2D eigenvalue weighted by atomic mass is 10.0. The predicted octanol–water partition coefficient (Wildman–Crippen LogP) is 7.65. The quantitative estimate of drug-likeness (QED) is 0.256. The summed E-state index contributed by atoms with van der Waals surface area (Å²) in [7, 11) is 0. The Bertz CT molecular complexity index is 1250. The molecule has 5 rings (SSSR count). The maximum absolute atomic E-state index is 9.96. The summed E-state index contributed by atoms with van der Waals surface area (Å²) < 4.78 is 13.7. The summed E-state index contributed by atoms with van der Waals surface area (Å²) in [5.41, 5.74) is 1.05. The molecule has 1 N–H and O–H groups in total. The number of hydrogen-bond acceptors (Lipinski definition) is 6. The van der Waals surface area contributed by atoms with Crippen LogP contribution >= 0.6 is 23.1 Å². The third kappa shape index (κ3) is 5.35. The van der Waals surface area contributed by atoms with Crippen molar-refractivity contribution < 1.29 is 14.6 Å². The summed E-state index contributed by atoms with van der Waals surface area (Å²) in [5.74, 6) is 2.66. The highest BCUT2D eigenvalue weighted by Crippen LogP contribution is 2.44. The normalized spacial score (nSPS) is 14.4. The van der Waals surface area contributed by atoms with E-state index in [1.165, 1.54) is 36.6 Å². The number of hydrogen-bond donors (Lipinski definition) is 1. The maximum Gasteiger partial charge on any atom is 0.143 e. The lowest BCUT2D eigenvalue weighted by molar-refractivity contribution is 0.183. The van der Waals surface area contributed by atoms with Crippen LogP contribution in [0.4, 0.5) is 0 Å². The van der Waals surface area contributed by atoms with Crippen LogP contribution in [0.25, 0.3) is 21.2 Å². The molecule has 4 nitrogen and oxygen atoms in total. The van der Waals surface area contributed by atoms with Gasteiger partial charge in [-0.3, -0.25) is 4.90 Å². The summed E-state index contributed by atoms with van der Waals surface area (Å²) in [4.78, 5) is 3.64. The number of aromatic hydroxyl groups is 1. The fourth-order valence-electron chi connectivity index (χ4n) is 4.36. The van der Waals surface area contributed by atoms with Gasteiger partial charge in [0.2, 0.25) is 0 Å². The highest BCUT2D eigenvalue weighted by Gasteiger charge is 2.15. The zero-order chi connectivity index (χ0) is 23.3. The number of thiophene rings is 1. The van der Waals surface area contributed by atoms with Crippen LogP contribution in [0.3, 0.4) is 0 Å². The second-order valence-electron chi connectivity index (χ2n) is 8.49. The minimum atomic E-state index is 0.248. The number of nitrogens with zero attached hydrogens (tertiary/aromatic N) is 1. The fourth-order valence-corrected chi connectivity index (χ4v) is 5.93. The number of phenols is 1. The predicted molar refractivity (Wildman–Crippen MR) is 143 cm³/mol. The van der Waals surface area contributed by atoms with Crippen molar-refractivity contribution in [2.75, 3.05) is 32.5 Å². The molecule has 1 fully saturated rings. The fraction of sp³-hybridized carbons (Fsp3) is 0.286. The lowest BCUT2D eigenvalue weighted by Crippen LogP contribution is -2.33. The van der Waals surface area contributed by atoms with Gasteiger partial charge >= 0.3 is 0 Å². The number of likely N-dealkylation sites (tertiary alicyclic amines) is 1. The van der Waals surface area contributed by atoms with Gasteiger partial charge in [-0.2, -0.15) is 0 Å². The molecule has 1 aromatic heterocycles. The third-order valence-corrected chi connectivity index (χ3v) is 8.37. The smallest absolute Gasteiger partial charge is 0.143 e. The SMILES string of the molecule is CSc1ccc(-c2ccc3cc(O)ccc3c2Oc2ccc(OCCN3CCCCC3)cc2)s1. The lowest BCUT2D eigenvalue weighted by Gasteiger charge is -2.26. The molecule has 0 aliphatic carbocycles. The molecule has 0 unspecified atom stereocenters. The largest absolute Gasteiger partial charge is 0.508 e. The van der Waals surface area contributed by atoms with Crippen molar-refractivity contribution in [3.63, 3.8) is 0 Å². The highest BCUT2D eigenvalue weighted by atomic mass is 32.2. The van der Waals surface area contributed by atoms with Gasteiger partial charge < -0.3 is 14.6 Å². The topological polar surface area (TPSA) is 41.9 Å². The van der Waals surface area contributed by atoms with Gasteiger partial charge in [0.25, 0.3) is 0 Å². The molecule has 1 saturated heterocycles. The third-order valence-electron chi connectivity index (χ3n) is 6.17. The van der Waals surface area contributed by atoms with Crippen molar-refractivity contribution in [2.24, 2.45) is 0 Å². The van der Waals surface area contributed by atoms with Crippen LogP contribution in [-0.4, -0.2) is 42.5 Å². The van der Waals surface area contributed by atoms with E-state index in [9.17, 15) is 5.11 Å². The van der Waals surface area contributed by atoms with Crippen molar-refractivity contribution in [1.29, 1.82) is 0 Å². The van der Waals surface area contributed by atoms with E-state index >= 15 is 0 Å². The molecule has 0 spiro atoms. The molecule has 0 saturated carbocycles. The second kappa shape index (κ2) is 10.7. The standard InChI is InChI=1S/C28H29NO3S2/c1-33-27-14-13-26(34-27)25-11-5-20-19-21(30)6-12-24(20)28(25)32-23-9-7-22(8-10-23)31-18-17-29-15-3-2-4-16-29/h5-14,19,30H,2-4,15-18H2,1H3. The molecular formula is C28H29NO3S2. The molecule has 0 bridgehead atoms. The summed E-state index contributed by atoms with van der Waals surface area (Å²) in [5, 5.41) is 11.9. The molecule has 3 aromatic carbocycles. The highest BCUT2D eigenvalue weighted by molar-refractivity contribution is 8.00. The Morgan fingerprint density at radius 1 is 0.912 bits per heavy atom. The van der Waals surface area contributed by atoms with Gasteiger partial charge in [-0.25, -0.2) is 0 Å². The number of piperidine rings is 1. The summed E-state index contributed by atoms with van der Waals surface area (Å²) in [6.45, 7) is 4.05. The van der Waals surface area contributed by atoms with Gasteiger partial charge in [0, 0.05) is 22.4 Å². The number of phenolic OH excluding ortho intramolecular Hbond substituents is 1. The Balaban J connectivity index is 1.36. The average molecular weight is 492 g/mol. The monoisotopic (exact) mass is 491 g/mol. The number of ether oxygens (including phenoxy) is 2. The van der Waals surface area contributed by atoms with Crippen LogP contribution in [0, 0.1) is 0 Å². The summed E-state index contributed by atoms with van der Waals surface area (Å²) >= 11 is 3.50. The molecule has 4 aromatic rings. The van der Waals surface area contributed by atoms with Crippen molar-refractivity contribution in [1.82, 2.24) is 4.90 Å². The van der Waals surface area contributed by atoms with Crippen LogP contribution in [-0.2, 0) is 0 Å². The van der Waals surface area contributed by atoms with Gasteiger partial charge in [-0.1, -0.05) is 12.5 Å². The van der Waals surface area contributed by atoms with Gasteiger partial charge in [-0.15, -0.1) is 23.1 Å². The minimum absolute atomic E-state index is 0.248. The van der Waals surface area contributed by atoms with Crippen molar-refractivity contribution in [3.8, 4) is 33.4 Å². The maximum atomic E-state index is 9.96. The van der Waals surface area contributed by atoms with E-state index in [2.05, 4.69) is 29.4 Å². The van der Waals surface area contributed by atoms with Crippen LogP contribution in [0.2, 0.25) is 0 Å². The number of rotatable bonds is 8. The molecule has 176 valence electrons. The molecule has 34 heavy (non-hydrogen) atoms. The molecule has 2 heterocycles. The molecule has 0 amide bonds. The average Bonchev–Trinajstić information content (AvgIpc) is 3.35. The van der Waals surface area contributed by atoms with E-state index in [-0.39, 0.29) is 5.75 Å². The van der Waals surface area contributed by atoms with Gasteiger partial charge in [0.15, 0.2) is 0 Å². The molecule has 6 heteroatoms. The van der Waals surface area contributed by atoms with Crippen LogP contribution < -0.4 is 9.47 Å². The Kier molecular flexibility index (Phi) is 7.28. The zero-order valence-corrected chi connectivity index (χ0v) is 21.0. The zero-order valence-electron chi connectivity index (χ0n) is 19.3. The van der Waals surface area contributed by atoms with Gasteiger partial charge in [0.05, 0.1) is 4.21 Å². The van der Waals surface area contributed by atoms with Gasteiger partial charge in [0.1, 0.15) is 29.6 Å². The molecule has 1 aliphatic heterocycles. The Hall–Kier alpha value is -2.67. The first-order chi connectivity index (χ1) is 16.7. The van der Waals surface area contributed by atoms with E-state index in [1.54, 1.807) is 35.2 Å². The number of thioether (sulfide) groups is 1. The molecule has 1 aliphatic rings. The van der Waals surface area contributed by atoms with Crippen molar-refractivity contribution in [3.05, 3.63) is 66.7 Å². The van der Waals surface area contributed by atoms with E-state index in [4.69, 9.17) is 9.47 Å². The number of benzene rings is 3. The Morgan fingerprint density at radius 3 is 2.47 bits per heavy atom. The minimum Gasteiger partial charge on any atom is -0.508 e. The first-order valence-corrected chi connectivity index (χ1v) is 13.8. The van der Waals surface area contributed by atoms with Crippen molar-refractivity contribution >= 4 is 33.9 Å². The molecule has 0 atom stereocenters. The Morgan fingerprint density at radius 2 is 1.71 bits per heavy atom. The van der Waals surface area contributed by atoms with E-state index in [1.807, 2.05) is 36.4 Å². The molecule has 0 radical (unpaired) electrons. The first kappa shape index (κ1) is 23.1. The van der Waals surface area contributed by atoms with E-state index in [0.717, 1.165) is 45.0 Å². The van der Waals surface area contributed by atoms with Gasteiger partial charge in [-0.05, 0) is 98.2 Å². The molecular weight excluding hydrogens is 462 g/mol. The summed E-state index contributed by atoms with van der Waals surface area (Å²) in [6, 6.07) is 21.7. The van der Waals surface area contributed by atoms with E-state index in [0.29, 0.717) is 6.61 Å². The van der Waals surface area contributed by atoms with Crippen LogP contribution in [0.15, 0.2) is 70.9 Å². The van der Waals surface area contributed by atoms with Crippen LogP contribution in [0.5, 0.6) is 23.0 Å². The first-order valence-electron chi connectivity index (χ1n) is 11.7. The Labute approximate surface area is 209 Å². The van der Waals surface area contributed by atoms with Crippen molar-refractivity contribution in [2.45, 2.75) is 23.5 Å².